The van der Waals surface area contributed by atoms with Crippen LogP contribution in [-0.2, 0) is 15.6 Å². The Morgan fingerprint density at radius 2 is 2.05 bits per heavy atom. The molecule has 7 heteroatoms. The van der Waals surface area contributed by atoms with Crippen LogP contribution in [0.1, 0.15) is 12.6 Å². The lowest BCUT2D eigenvalue weighted by molar-refractivity contribution is 0.339. The predicted molar refractivity (Wildman–Crippen MR) is 84.9 cm³/mol. The summed E-state index contributed by atoms with van der Waals surface area (Å²) in [6.07, 6.45) is 1.56. The Labute approximate surface area is 132 Å². The van der Waals surface area contributed by atoms with Crippen molar-refractivity contribution in [2.24, 2.45) is 0 Å². The van der Waals surface area contributed by atoms with Crippen molar-refractivity contribution in [2.45, 2.75) is 17.6 Å². The third-order valence-corrected chi connectivity index (χ3v) is 4.93. The maximum atomic E-state index is 12.5. The molecule has 0 aliphatic carbocycles. The van der Waals surface area contributed by atoms with Gasteiger partial charge < -0.3 is 10.5 Å². The van der Waals surface area contributed by atoms with Crippen LogP contribution in [-0.4, -0.2) is 20.0 Å². The molecular formula is C14H15BrN2O3S. The summed E-state index contributed by atoms with van der Waals surface area (Å²) in [5.41, 5.74) is 6.45. The van der Waals surface area contributed by atoms with Crippen LogP contribution in [0.3, 0.4) is 0 Å². The van der Waals surface area contributed by atoms with Crippen LogP contribution in [0.2, 0.25) is 0 Å². The molecule has 0 atom stereocenters. The molecule has 0 amide bonds. The molecule has 2 aromatic rings. The number of hydrogen-bond acceptors (Lipinski definition) is 5. The molecule has 5 nitrogen and oxygen atoms in total. The minimum absolute atomic E-state index is 0.0677. The molecule has 2 N–H and O–H groups in total. The lowest BCUT2D eigenvalue weighted by Gasteiger charge is -2.10. The average molecular weight is 371 g/mol. The Morgan fingerprint density at radius 1 is 1.29 bits per heavy atom. The molecule has 1 heterocycles. The number of rotatable bonds is 5. The van der Waals surface area contributed by atoms with Gasteiger partial charge in [0.1, 0.15) is 5.75 Å². The van der Waals surface area contributed by atoms with Crippen molar-refractivity contribution in [2.75, 3.05) is 12.3 Å². The van der Waals surface area contributed by atoms with E-state index in [0.717, 1.165) is 4.47 Å². The lowest BCUT2D eigenvalue weighted by atomic mass is 10.3. The zero-order valence-corrected chi connectivity index (χ0v) is 13.8. The molecule has 112 valence electrons. The second-order valence-corrected chi connectivity index (χ2v) is 7.23. The Balaban J connectivity index is 2.34. The van der Waals surface area contributed by atoms with E-state index in [1.54, 1.807) is 24.4 Å². The van der Waals surface area contributed by atoms with E-state index in [0.29, 0.717) is 18.1 Å². The SMILES string of the molecule is CCOc1ccc(N)c(S(=O)(=O)Cc2ccc(Br)cn2)c1. The van der Waals surface area contributed by atoms with Gasteiger partial charge in [0.05, 0.1) is 28.6 Å². The molecule has 0 spiro atoms. The summed E-state index contributed by atoms with van der Waals surface area (Å²) in [6.45, 7) is 2.29. The molecule has 0 unspecified atom stereocenters. The van der Waals surface area contributed by atoms with E-state index in [1.165, 1.54) is 12.1 Å². The van der Waals surface area contributed by atoms with Crippen molar-refractivity contribution in [1.82, 2.24) is 4.98 Å². The Kier molecular flexibility index (Phi) is 4.84. The predicted octanol–water partition coefficient (Wildman–Crippen LogP) is 2.80. The molecule has 0 aliphatic rings. The molecule has 0 fully saturated rings. The highest BCUT2D eigenvalue weighted by Gasteiger charge is 2.20. The minimum atomic E-state index is -3.58. The fourth-order valence-electron chi connectivity index (χ4n) is 1.80. The molecule has 1 aromatic heterocycles. The minimum Gasteiger partial charge on any atom is -0.494 e. The standard InChI is InChI=1S/C14H15BrN2O3S/c1-2-20-12-5-6-13(16)14(7-12)21(18,19)9-11-4-3-10(15)8-17-11/h3-8H,2,9,16H2,1H3. The second kappa shape index (κ2) is 6.44. The summed E-state index contributed by atoms with van der Waals surface area (Å²) >= 11 is 3.26. The third kappa shape index (κ3) is 3.95. The number of aromatic nitrogens is 1. The summed E-state index contributed by atoms with van der Waals surface area (Å²) in [6, 6.07) is 8.04. The molecule has 1 aromatic carbocycles. The number of anilines is 1. The van der Waals surface area contributed by atoms with Gasteiger partial charge in [-0.25, -0.2) is 8.42 Å². The van der Waals surface area contributed by atoms with Gasteiger partial charge >= 0.3 is 0 Å². The number of hydrogen-bond donors (Lipinski definition) is 1. The van der Waals surface area contributed by atoms with Crippen LogP contribution in [0.4, 0.5) is 5.69 Å². The number of sulfone groups is 1. The summed E-state index contributed by atoms with van der Waals surface area (Å²) in [5, 5.41) is 0. The largest absolute Gasteiger partial charge is 0.494 e. The highest BCUT2D eigenvalue weighted by Crippen LogP contribution is 2.27. The first kappa shape index (κ1) is 15.8. The number of halogens is 1. The Bertz CT molecular complexity index is 730. The zero-order chi connectivity index (χ0) is 15.5. The van der Waals surface area contributed by atoms with Gasteiger partial charge in [0.2, 0.25) is 0 Å². The number of pyridine rings is 1. The monoisotopic (exact) mass is 370 g/mol. The molecule has 0 saturated carbocycles. The smallest absolute Gasteiger partial charge is 0.186 e. The maximum absolute atomic E-state index is 12.5. The topological polar surface area (TPSA) is 82.3 Å². The van der Waals surface area contributed by atoms with E-state index < -0.39 is 9.84 Å². The van der Waals surface area contributed by atoms with Gasteiger partial charge in [-0.15, -0.1) is 0 Å². The van der Waals surface area contributed by atoms with Crippen molar-refractivity contribution < 1.29 is 13.2 Å². The summed E-state index contributed by atoms with van der Waals surface area (Å²) in [7, 11) is -3.58. The molecular weight excluding hydrogens is 356 g/mol. The van der Waals surface area contributed by atoms with Crippen LogP contribution in [0.5, 0.6) is 5.75 Å². The van der Waals surface area contributed by atoms with E-state index in [4.69, 9.17) is 10.5 Å². The second-order valence-electron chi connectivity index (χ2n) is 4.36. The molecule has 2 rings (SSSR count). The van der Waals surface area contributed by atoms with Crippen LogP contribution < -0.4 is 10.5 Å². The number of benzene rings is 1. The zero-order valence-electron chi connectivity index (χ0n) is 11.4. The molecule has 21 heavy (non-hydrogen) atoms. The highest BCUT2D eigenvalue weighted by molar-refractivity contribution is 9.10. The van der Waals surface area contributed by atoms with E-state index in [2.05, 4.69) is 20.9 Å². The van der Waals surface area contributed by atoms with Gasteiger partial charge in [-0.05, 0) is 47.1 Å². The van der Waals surface area contributed by atoms with Gasteiger partial charge in [0.25, 0.3) is 0 Å². The molecule has 0 aliphatic heterocycles. The van der Waals surface area contributed by atoms with Crippen LogP contribution >= 0.6 is 15.9 Å². The van der Waals surface area contributed by atoms with E-state index >= 15 is 0 Å². The summed E-state index contributed by atoms with van der Waals surface area (Å²) < 4.78 is 31.1. The Morgan fingerprint density at radius 3 is 2.67 bits per heavy atom. The van der Waals surface area contributed by atoms with Gasteiger partial charge in [-0.2, -0.15) is 0 Å². The van der Waals surface area contributed by atoms with Crippen LogP contribution in [0.25, 0.3) is 0 Å². The van der Waals surface area contributed by atoms with Crippen molar-refractivity contribution in [3.05, 3.63) is 46.7 Å². The summed E-state index contributed by atoms with van der Waals surface area (Å²) in [5.74, 6) is 0.272. The molecule has 0 bridgehead atoms. The number of nitrogens with two attached hydrogens (primary N) is 1. The maximum Gasteiger partial charge on any atom is 0.186 e. The quantitative estimate of drug-likeness (QED) is 0.818. The first-order chi connectivity index (χ1) is 9.92. The number of ether oxygens (including phenoxy) is 1. The van der Waals surface area contributed by atoms with Crippen molar-refractivity contribution in [1.29, 1.82) is 0 Å². The fraction of sp³-hybridized carbons (Fsp3) is 0.214. The van der Waals surface area contributed by atoms with E-state index in [-0.39, 0.29) is 16.3 Å². The van der Waals surface area contributed by atoms with Crippen molar-refractivity contribution in [3.8, 4) is 5.75 Å². The van der Waals surface area contributed by atoms with Gasteiger partial charge in [-0.3, -0.25) is 4.98 Å². The lowest BCUT2D eigenvalue weighted by Crippen LogP contribution is -2.09. The van der Waals surface area contributed by atoms with Crippen molar-refractivity contribution in [3.63, 3.8) is 0 Å². The Hall–Kier alpha value is -1.60. The average Bonchev–Trinajstić information content (AvgIpc) is 2.43. The van der Waals surface area contributed by atoms with Gasteiger partial charge in [0, 0.05) is 16.7 Å². The van der Waals surface area contributed by atoms with Crippen LogP contribution in [0.15, 0.2) is 45.9 Å². The first-order valence-corrected chi connectivity index (χ1v) is 8.72. The number of nitrogens with zero attached hydrogens (tertiary/aromatic N) is 1. The van der Waals surface area contributed by atoms with Crippen molar-refractivity contribution >= 4 is 31.5 Å². The van der Waals surface area contributed by atoms with E-state index in [9.17, 15) is 8.42 Å². The number of nitrogen functional groups attached to an aromatic ring is 1. The fourth-order valence-corrected chi connectivity index (χ4v) is 3.48. The molecule has 0 saturated heterocycles. The van der Waals surface area contributed by atoms with Gasteiger partial charge in [-0.1, -0.05) is 0 Å². The van der Waals surface area contributed by atoms with Crippen LogP contribution in [0, 0.1) is 0 Å². The van der Waals surface area contributed by atoms with Gasteiger partial charge in [0.15, 0.2) is 9.84 Å². The summed E-state index contributed by atoms with van der Waals surface area (Å²) in [4.78, 5) is 4.15. The highest BCUT2D eigenvalue weighted by atomic mass is 79.9. The molecule has 0 radical (unpaired) electrons. The third-order valence-electron chi connectivity index (χ3n) is 2.76. The first-order valence-electron chi connectivity index (χ1n) is 6.28. The normalized spacial score (nSPS) is 11.3. The van der Waals surface area contributed by atoms with E-state index in [1.807, 2.05) is 6.92 Å².